The molecule has 2 rings (SSSR count). The normalized spacial score (nSPS) is 11.6. The molecule has 19 heavy (non-hydrogen) atoms. The molecule has 0 radical (unpaired) electrons. The van der Waals surface area contributed by atoms with Crippen molar-refractivity contribution in [1.29, 1.82) is 0 Å². The number of hydrogen-bond donors (Lipinski definition) is 1. The van der Waals surface area contributed by atoms with E-state index < -0.39 is 0 Å². The van der Waals surface area contributed by atoms with E-state index in [1.165, 1.54) is 0 Å². The number of nitrogens with zero attached hydrogens (tertiary/aromatic N) is 2. The number of aryl methyl sites for hydroxylation is 1. The van der Waals surface area contributed by atoms with E-state index in [0.29, 0.717) is 16.5 Å². The van der Waals surface area contributed by atoms with Crippen LogP contribution in [0.15, 0.2) is 24.3 Å². The van der Waals surface area contributed by atoms with Crippen LogP contribution in [0.3, 0.4) is 0 Å². The van der Waals surface area contributed by atoms with Crippen molar-refractivity contribution < 1.29 is 0 Å². The Morgan fingerprint density at radius 1 is 1.11 bits per heavy atom. The molecule has 0 amide bonds. The summed E-state index contributed by atoms with van der Waals surface area (Å²) in [6.45, 7) is 8.33. The average Bonchev–Trinajstić information content (AvgIpc) is 2.30. The zero-order valence-corrected chi connectivity index (χ0v) is 12.4. The highest BCUT2D eigenvalue weighted by Gasteiger charge is 2.18. The molecule has 0 unspecified atom stereocenters. The van der Waals surface area contributed by atoms with Gasteiger partial charge in [0, 0.05) is 22.4 Å². The summed E-state index contributed by atoms with van der Waals surface area (Å²) < 4.78 is 0. The molecule has 0 saturated carbocycles. The molecule has 4 heteroatoms. The predicted molar refractivity (Wildman–Crippen MR) is 80.3 cm³/mol. The third-order valence-electron chi connectivity index (χ3n) is 2.85. The van der Waals surface area contributed by atoms with Crippen LogP contribution in [0.25, 0.3) is 11.4 Å². The van der Waals surface area contributed by atoms with Crippen LogP contribution >= 0.6 is 11.6 Å². The van der Waals surface area contributed by atoms with E-state index in [-0.39, 0.29) is 5.41 Å². The number of benzene rings is 1. The molecule has 0 aliphatic heterocycles. The minimum Gasteiger partial charge on any atom is -0.399 e. The second-order valence-corrected chi connectivity index (χ2v) is 6.11. The molecule has 1 aromatic heterocycles. The number of hydrogen-bond acceptors (Lipinski definition) is 3. The van der Waals surface area contributed by atoms with Gasteiger partial charge < -0.3 is 5.73 Å². The minimum atomic E-state index is -0.0325. The lowest BCUT2D eigenvalue weighted by molar-refractivity contribution is 0.567. The van der Waals surface area contributed by atoms with Gasteiger partial charge in [-0.1, -0.05) is 32.4 Å². The summed E-state index contributed by atoms with van der Waals surface area (Å²) in [5.41, 5.74) is 9.13. The van der Waals surface area contributed by atoms with Gasteiger partial charge in [0.15, 0.2) is 5.82 Å². The fourth-order valence-corrected chi connectivity index (χ4v) is 1.99. The highest BCUT2D eigenvalue weighted by atomic mass is 35.5. The van der Waals surface area contributed by atoms with E-state index in [9.17, 15) is 0 Å². The molecule has 0 spiro atoms. The summed E-state index contributed by atoms with van der Waals surface area (Å²) in [4.78, 5) is 9.09. The van der Waals surface area contributed by atoms with Crippen molar-refractivity contribution in [3.63, 3.8) is 0 Å². The van der Waals surface area contributed by atoms with Gasteiger partial charge >= 0.3 is 0 Å². The Kier molecular flexibility index (Phi) is 3.50. The smallest absolute Gasteiger partial charge is 0.161 e. The van der Waals surface area contributed by atoms with Gasteiger partial charge in [0.25, 0.3) is 0 Å². The second-order valence-electron chi connectivity index (χ2n) is 5.71. The van der Waals surface area contributed by atoms with E-state index >= 15 is 0 Å². The molecule has 3 nitrogen and oxygen atoms in total. The number of aromatic nitrogens is 2. The first-order valence-corrected chi connectivity index (χ1v) is 6.57. The summed E-state index contributed by atoms with van der Waals surface area (Å²) in [6.07, 6.45) is 0. The molecule has 2 aromatic rings. The first-order valence-electron chi connectivity index (χ1n) is 6.19. The van der Waals surface area contributed by atoms with Gasteiger partial charge in [-0.05, 0) is 31.2 Å². The van der Waals surface area contributed by atoms with Crippen LogP contribution in [0.5, 0.6) is 0 Å². The predicted octanol–water partition coefficient (Wildman–Crippen LogP) is 3.99. The zero-order valence-electron chi connectivity index (χ0n) is 11.7. The Bertz CT molecular complexity index is 615. The van der Waals surface area contributed by atoms with Crippen molar-refractivity contribution in [2.24, 2.45) is 0 Å². The van der Waals surface area contributed by atoms with Crippen LogP contribution in [0.2, 0.25) is 5.02 Å². The van der Waals surface area contributed by atoms with E-state index in [1.54, 1.807) is 12.1 Å². The average molecular weight is 276 g/mol. The largest absolute Gasteiger partial charge is 0.399 e. The Labute approximate surface area is 118 Å². The Hall–Kier alpha value is -1.61. The quantitative estimate of drug-likeness (QED) is 0.801. The SMILES string of the molecule is Cc1cc(C(C)(C)C)nc(-c2cc(N)ccc2Cl)n1. The van der Waals surface area contributed by atoms with E-state index in [1.807, 2.05) is 19.1 Å². The lowest BCUT2D eigenvalue weighted by Gasteiger charge is -2.19. The highest BCUT2D eigenvalue weighted by Crippen LogP contribution is 2.29. The first-order chi connectivity index (χ1) is 8.77. The lowest BCUT2D eigenvalue weighted by Crippen LogP contribution is -2.15. The molecule has 0 atom stereocenters. The third-order valence-corrected chi connectivity index (χ3v) is 3.18. The maximum Gasteiger partial charge on any atom is 0.161 e. The van der Waals surface area contributed by atoms with E-state index in [2.05, 4.69) is 30.7 Å². The molecule has 0 bridgehead atoms. The summed E-state index contributed by atoms with van der Waals surface area (Å²) in [5.74, 6) is 0.627. The molecular weight excluding hydrogens is 258 g/mol. The Morgan fingerprint density at radius 2 is 1.79 bits per heavy atom. The topological polar surface area (TPSA) is 51.8 Å². The third kappa shape index (κ3) is 3.04. The number of halogens is 1. The summed E-state index contributed by atoms with van der Waals surface area (Å²) in [6, 6.07) is 7.36. The first kappa shape index (κ1) is 13.8. The van der Waals surface area contributed by atoms with Crippen molar-refractivity contribution >= 4 is 17.3 Å². The lowest BCUT2D eigenvalue weighted by atomic mass is 9.91. The van der Waals surface area contributed by atoms with Crippen LogP contribution in [0, 0.1) is 6.92 Å². The van der Waals surface area contributed by atoms with Gasteiger partial charge in [0.1, 0.15) is 0 Å². The maximum atomic E-state index is 6.21. The maximum absolute atomic E-state index is 6.21. The number of rotatable bonds is 1. The van der Waals surface area contributed by atoms with Crippen molar-refractivity contribution in [3.05, 3.63) is 40.7 Å². The molecule has 0 aliphatic rings. The van der Waals surface area contributed by atoms with Gasteiger partial charge in [0.2, 0.25) is 0 Å². The standard InChI is InChI=1S/C15H18ClN3/c1-9-7-13(15(2,3)4)19-14(18-9)11-8-10(17)5-6-12(11)16/h5-8H,17H2,1-4H3. The van der Waals surface area contributed by atoms with Crippen molar-refractivity contribution in [2.75, 3.05) is 5.73 Å². The molecule has 0 aliphatic carbocycles. The van der Waals surface area contributed by atoms with Gasteiger partial charge in [-0.2, -0.15) is 0 Å². The second kappa shape index (κ2) is 4.82. The molecular formula is C15H18ClN3. The summed E-state index contributed by atoms with van der Waals surface area (Å²) >= 11 is 6.21. The Morgan fingerprint density at radius 3 is 2.42 bits per heavy atom. The van der Waals surface area contributed by atoms with Gasteiger partial charge in [-0.3, -0.25) is 0 Å². The van der Waals surface area contributed by atoms with Crippen LogP contribution in [-0.2, 0) is 5.41 Å². The molecule has 1 heterocycles. The van der Waals surface area contributed by atoms with Gasteiger partial charge in [0.05, 0.1) is 10.7 Å². The molecule has 0 saturated heterocycles. The fraction of sp³-hybridized carbons (Fsp3) is 0.333. The highest BCUT2D eigenvalue weighted by molar-refractivity contribution is 6.33. The minimum absolute atomic E-state index is 0.0325. The van der Waals surface area contributed by atoms with Crippen LogP contribution in [-0.4, -0.2) is 9.97 Å². The van der Waals surface area contributed by atoms with Crippen molar-refractivity contribution in [2.45, 2.75) is 33.1 Å². The zero-order chi connectivity index (χ0) is 14.2. The van der Waals surface area contributed by atoms with Crippen LogP contribution in [0.4, 0.5) is 5.69 Å². The molecule has 0 fully saturated rings. The van der Waals surface area contributed by atoms with Crippen LogP contribution < -0.4 is 5.73 Å². The molecule has 100 valence electrons. The summed E-state index contributed by atoms with van der Waals surface area (Å²) in [7, 11) is 0. The number of nitrogen functional groups attached to an aromatic ring is 1. The number of anilines is 1. The van der Waals surface area contributed by atoms with Crippen LogP contribution in [0.1, 0.15) is 32.2 Å². The van der Waals surface area contributed by atoms with E-state index in [4.69, 9.17) is 17.3 Å². The van der Waals surface area contributed by atoms with E-state index in [0.717, 1.165) is 17.0 Å². The van der Waals surface area contributed by atoms with Gasteiger partial charge in [-0.15, -0.1) is 0 Å². The van der Waals surface area contributed by atoms with Crippen molar-refractivity contribution in [3.8, 4) is 11.4 Å². The summed E-state index contributed by atoms with van der Waals surface area (Å²) in [5, 5.41) is 0.611. The molecule has 2 N–H and O–H groups in total. The van der Waals surface area contributed by atoms with Crippen molar-refractivity contribution in [1.82, 2.24) is 9.97 Å². The Balaban J connectivity index is 2.63. The molecule has 1 aromatic carbocycles. The fourth-order valence-electron chi connectivity index (χ4n) is 1.79. The monoisotopic (exact) mass is 275 g/mol. The van der Waals surface area contributed by atoms with Gasteiger partial charge in [-0.25, -0.2) is 9.97 Å². The number of nitrogens with two attached hydrogens (primary N) is 1.